The van der Waals surface area contributed by atoms with E-state index in [2.05, 4.69) is 19.2 Å². The van der Waals surface area contributed by atoms with Gasteiger partial charge in [-0.1, -0.05) is 20.3 Å². The molecule has 0 bridgehead atoms. The molecule has 2 unspecified atom stereocenters. The van der Waals surface area contributed by atoms with Gasteiger partial charge in [-0.3, -0.25) is 10.1 Å². The van der Waals surface area contributed by atoms with Gasteiger partial charge in [-0.15, -0.1) is 0 Å². The molecule has 116 valence electrons. The topological polar surface area (TPSA) is 58.6 Å². The third-order valence-electron chi connectivity index (χ3n) is 4.69. The Morgan fingerprint density at radius 3 is 2.70 bits per heavy atom. The van der Waals surface area contributed by atoms with Crippen molar-refractivity contribution in [2.45, 2.75) is 70.4 Å². The molecule has 2 atom stereocenters. The molecule has 0 aromatic heterocycles. The van der Waals surface area contributed by atoms with Crippen molar-refractivity contribution in [1.29, 1.82) is 0 Å². The zero-order valence-electron chi connectivity index (χ0n) is 12.9. The lowest BCUT2D eigenvalue weighted by atomic mass is 9.84. The molecule has 2 rings (SSSR count). The molecule has 2 aliphatic carbocycles. The maximum absolute atomic E-state index is 11.8. The van der Waals surface area contributed by atoms with E-state index in [1.165, 1.54) is 0 Å². The van der Waals surface area contributed by atoms with Crippen LogP contribution in [0, 0.1) is 11.8 Å². The van der Waals surface area contributed by atoms with Crippen molar-refractivity contribution in [2.75, 3.05) is 13.2 Å². The molecule has 4 nitrogen and oxygen atoms in total. The fourth-order valence-corrected chi connectivity index (χ4v) is 3.24. The molecule has 20 heavy (non-hydrogen) atoms. The average Bonchev–Trinajstić information content (AvgIpc) is 3.09. The van der Waals surface area contributed by atoms with Crippen LogP contribution in [0.2, 0.25) is 0 Å². The van der Waals surface area contributed by atoms with Crippen molar-refractivity contribution in [3.8, 4) is 0 Å². The molecule has 2 saturated carbocycles. The van der Waals surface area contributed by atoms with E-state index in [-0.39, 0.29) is 5.92 Å². The molecule has 0 amide bonds. The Bertz CT molecular complexity index is 328. The first kappa shape index (κ1) is 15.8. The highest BCUT2D eigenvalue weighted by molar-refractivity contribution is 5.80. The van der Waals surface area contributed by atoms with Gasteiger partial charge in [0.05, 0.1) is 0 Å². The number of carbonyl (C=O) groups is 1. The third kappa shape index (κ3) is 3.95. The standard InChI is InChI=1S/C16H29NO3/c1-12(2)7-10-20-11-8-13-4-3-9-16(13,15(18)19)17-14-5-6-14/h12-14,17H,3-11H2,1-2H3,(H,18,19). The first-order chi connectivity index (χ1) is 9.54. The maximum Gasteiger partial charge on any atom is 0.324 e. The molecule has 0 heterocycles. The number of nitrogens with one attached hydrogen (secondary N) is 1. The van der Waals surface area contributed by atoms with Gasteiger partial charge >= 0.3 is 5.97 Å². The van der Waals surface area contributed by atoms with E-state index in [4.69, 9.17) is 4.74 Å². The Kier molecular flexibility index (Phi) is 5.44. The predicted octanol–water partition coefficient (Wildman–Crippen LogP) is 2.81. The van der Waals surface area contributed by atoms with Crippen molar-refractivity contribution in [2.24, 2.45) is 11.8 Å². The van der Waals surface area contributed by atoms with Gasteiger partial charge in [0, 0.05) is 19.3 Å². The zero-order valence-corrected chi connectivity index (χ0v) is 12.9. The molecule has 2 N–H and O–H groups in total. The summed E-state index contributed by atoms with van der Waals surface area (Å²) < 4.78 is 5.68. The van der Waals surface area contributed by atoms with Gasteiger partial charge in [-0.25, -0.2) is 0 Å². The normalized spacial score (nSPS) is 30.1. The second-order valence-corrected chi connectivity index (χ2v) is 6.87. The lowest BCUT2D eigenvalue weighted by molar-refractivity contribution is -0.147. The lowest BCUT2D eigenvalue weighted by Gasteiger charge is -2.32. The van der Waals surface area contributed by atoms with Crippen LogP contribution >= 0.6 is 0 Å². The number of rotatable bonds is 9. The Morgan fingerprint density at radius 2 is 2.10 bits per heavy atom. The highest BCUT2D eigenvalue weighted by Gasteiger charge is 2.50. The SMILES string of the molecule is CC(C)CCOCCC1CCCC1(NC1CC1)C(=O)O. The van der Waals surface area contributed by atoms with Crippen LogP contribution in [0.1, 0.15) is 58.8 Å². The van der Waals surface area contributed by atoms with Crippen LogP contribution in [0.15, 0.2) is 0 Å². The van der Waals surface area contributed by atoms with Crippen molar-refractivity contribution in [3.05, 3.63) is 0 Å². The summed E-state index contributed by atoms with van der Waals surface area (Å²) in [5, 5.41) is 13.1. The number of carboxylic acids is 1. The van der Waals surface area contributed by atoms with Crippen molar-refractivity contribution >= 4 is 5.97 Å². The summed E-state index contributed by atoms with van der Waals surface area (Å²) in [6.07, 6.45) is 7.01. The van der Waals surface area contributed by atoms with Crippen LogP contribution in [-0.4, -0.2) is 35.9 Å². The average molecular weight is 283 g/mol. The fraction of sp³-hybridized carbons (Fsp3) is 0.938. The summed E-state index contributed by atoms with van der Waals surface area (Å²) in [4.78, 5) is 11.8. The van der Waals surface area contributed by atoms with Gasteiger partial charge in [-0.05, 0) is 50.4 Å². The Labute approximate surface area is 122 Å². The Hall–Kier alpha value is -0.610. The van der Waals surface area contributed by atoms with Crippen LogP contribution < -0.4 is 5.32 Å². The van der Waals surface area contributed by atoms with Crippen molar-refractivity contribution in [1.82, 2.24) is 5.32 Å². The molecule has 2 aliphatic rings. The lowest BCUT2D eigenvalue weighted by Crippen LogP contribution is -2.55. The minimum atomic E-state index is -0.678. The van der Waals surface area contributed by atoms with E-state index < -0.39 is 11.5 Å². The predicted molar refractivity (Wildman–Crippen MR) is 78.8 cm³/mol. The van der Waals surface area contributed by atoms with E-state index in [0.717, 1.165) is 51.6 Å². The van der Waals surface area contributed by atoms with E-state index in [9.17, 15) is 9.90 Å². The van der Waals surface area contributed by atoms with Gasteiger partial charge < -0.3 is 9.84 Å². The van der Waals surface area contributed by atoms with Crippen LogP contribution in [-0.2, 0) is 9.53 Å². The Morgan fingerprint density at radius 1 is 1.35 bits per heavy atom. The molecule has 0 saturated heterocycles. The molecule has 0 aromatic rings. The number of aliphatic carboxylic acids is 1. The van der Waals surface area contributed by atoms with Gasteiger partial charge in [0.2, 0.25) is 0 Å². The minimum absolute atomic E-state index is 0.222. The minimum Gasteiger partial charge on any atom is -0.480 e. The first-order valence-electron chi connectivity index (χ1n) is 8.13. The van der Waals surface area contributed by atoms with Crippen LogP contribution in [0.25, 0.3) is 0 Å². The van der Waals surface area contributed by atoms with Gasteiger partial charge in [0.1, 0.15) is 5.54 Å². The van der Waals surface area contributed by atoms with E-state index in [1.807, 2.05) is 0 Å². The van der Waals surface area contributed by atoms with Gasteiger partial charge in [0.15, 0.2) is 0 Å². The van der Waals surface area contributed by atoms with Gasteiger partial charge in [0.25, 0.3) is 0 Å². The number of ether oxygens (including phenoxy) is 1. The monoisotopic (exact) mass is 283 g/mol. The van der Waals surface area contributed by atoms with E-state index in [1.54, 1.807) is 0 Å². The first-order valence-corrected chi connectivity index (χ1v) is 8.13. The maximum atomic E-state index is 11.8. The summed E-state index contributed by atoms with van der Waals surface area (Å²) in [5.41, 5.74) is -0.678. The van der Waals surface area contributed by atoms with Crippen molar-refractivity contribution < 1.29 is 14.6 Å². The molecular weight excluding hydrogens is 254 g/mol. The molecule has 0 aliphatic heterocycles. The summed E-state index contributed by atoms with van der Waals surface area (Å²) in [7, 11) is 0. The number of hydrogen-bond donors (Lipinski definition) is 2. The molecular formula is C16H29NO3. The molecule has 0 spiro atoms. The quantitative estimate of drug-likeness (QED) is 0.639. The van der Waals surface area contributed by atoms with Crippen LogP contribution in [0.3, 0.4) is 0 Å². The third-order valence-corrected chi connectivity index (χ3v) is 4.69. The fourth-order valence-electron chi connectivity index (χ4n) is 3.24. The molecule has 0 aromatic carbocycles. The smallest absolute Gasteiger partial charge is 0.324 e. The summed E-state index contributed by atoms with van der Waals surface area (Å²) in [6.45, 7) is 5.87. The largest absolute Gasteiger partial charge is 0.480 e. The second kappa shape index (κ2) is 6.90. The van der Waals surface area contributed by atoms with Crippen LogP contribution in [0.5, 0.6) is 0 Å². The van der Waals surface area contributed by atoms with E-state index >= 15 is 0 Å². The summed E-state index contributed by atoms with van der Waals surface area (Å²) >= 11 is 0. The molecule has 4 heteroatoms. The Balaban J connectivity index is 1.80. The van der Waals surface area contributed by atoms with E-state index in [0.29, 0.717) is 18.6 Å². The molecule has 2 fully saturated rings. The number of hydrogen-bond acceptors (Lipinski definition) is 3. The summed E-state index contributed by atoms with van der Waals surface area (Å²) in [6, 6.07) is 0.438. The molecule has 0 radical (unpaired) electrons. The van der Waals surface area contributed by atoms with Crippen LogP contribution in [0.4, 0.5) is 0 Å². The van der Waals surface area contributed by atoms with Gasteiger partial charge in [-0.2, -0.15) is 0 Å². The zero-order chi connectivity index (χ0) is 14.6. The highest BCUT2D eigenvalue weighted by Crippen LogP contribution is 2.40. The summed E-state index contributed by atoms with van der Waals surface area (Å²) in [5.74, 6) is 0.227. The highest BCUT2D eigenvalue weighted by atomic mass is 16.5. The number of carboxylic acid groups (broad SMARTS) is 1. The second-order valence-electron chi connectivity index (χ2n) is 6.87. The van der Waals surface area contributed by atoms with Crippen molar-refractivity contribution in [3.63, 3.8) is 0 Å².